The van der Waals surface area contributed by atoms with E-state index in [1.54, 1.807) is 11.3 Å². The van der Waals surface area contributed by atoms with E-state index in [4.69, 9.17) is 0 Å². The normalized spacial score (nSPS) is 36.0. The Bertz CT molecular complexity index is 404. The smallest absolute Gasteiger partial charge is 0.306 e. The lowest BCUT2D eigenvalue weighted by molar-refractivity contribution is -0.145. The van der Waals surface area contributed by atoms with Crippen LogP contribution in [0, 0.1) is 11.8 Å². The summed E-state index contributed by atoms with van der Waals surface area (Å²) in [6, 6.07) is 5.02. The molecule has 3 rings (SSSR count). The number of carboxylic acid groups (broad SMARTS) is 1. The number of thiophene rings is 1. The van der Waals surface area contributed by atoms with E-state index in [9.17, 15) is 9.90 Å². The van der Waals surface area contributed by atoms with Gasteiger partial charge in [0.2, 0.25) is 0 Å². The molecule has 1 aromatic rings. The predicted molar refractivity (Wildman–Crippen MR) is 67.2 cm³/mol. The van der Waals surface area contributed by atoms with Crippen LogP contribution in [0.5, 0.6) is 0 Å². The summed E-state index contributed by atoms with van der Waals surface area (Å²) < 4.78 is 0. The zero-order valence-corrected chi connectivity index (χ0v) is 10.5. The number of aliphatic carboxylic acids is 1. The molecule has 2 bridgehead atoms. The number of carboxylic acids is 1. The van der Waals surface area contributed by atoms with E-state index < -0.39 is 5.97 Å². The van der Waals surface area contributed by atoms with Gasteiger partial charge in [-0.25, -0.2) is 0 Å². The van der Waals surface area contributed by atoms with Gasteiger partial charge in [0.1, 0.15) is 0 Å². The van der Waals surface area contributed by atoms with Gasteiger partial charge in [0.05, 0.1) is 5.92 Å². The molecule has 17 heavy (non-hydrogen) atoms. The van der Waals surface area contributed by atoms with Gasteiger partial charge in [-0.15, -0.1) is 11.3 Å². The summed E-state index contributed by atoms with van der Waals surface area (Å²) in [6.07, 6.45) is 4.01. The van der Waals surface area contributed by atoms with Crippen LogP contribution >= 0.6 is 11.3 Å². The summed E-state index contributed by atoms with van der Waals surface area (Å²) >= 11 is 1.74. The van der Waals surface area contributed by atoms with E-state index in [1.165, 1.54) is 4.88 Å². The monoisotopic (exact) mass is 251 g/mol. The Morgan fingerprint density at radius 1 is 1.53 bits per heavy atom. The van der Waals surface area contributed by atoms with Crippen molar-refractivity contribution in [3.8, 4) is 0 Å². The van der Waals surface area contributed by atoms with Gasteiger partial charge in [-0.1, -0.05) is 6.07 Å². The third-order valence-electron chi connectivity index (χ3n) is 4.18. The van der Waals surface area contributed by atoms with Crippen LogP contribution in [0.25, 0.3) is 0 Å². The lowest BCUT2D eigenvalue weighted by Crippen LogP contribution is -2.48. The van der Waals surface area contributed by atoms with E-state index in [1.807, 2.05) is 6.07 Å². The fraction of sp³-hybridized carbons (Fsp3) is 0.615. The summed E-state index contributed by atoms with van der Waals surface area (Å²) in [7, 11) is 0. The van der Waals surface area contributed by atoms with Crippen molar-refractivity contribution in [3.63, 3.8) is 0 Å². The standard InChI is InChI=1S/C13H17NO2S/c15-13(16)11-6-8-3-4-12(14-8)10(11)7-9-2-1-5-17-9/h1-2,5,8,10-12,14H,3-4,6-7H2,(H,15,16)/t8?,10?,11-,12?/m0/s1. The molecule has 4 heteroatoms. The summed E-state index contributed by atoms with van der Waals surface area (Å²) in [6.45, 7) is 0. The number of fused-ring (bicyclic) bond motifs is 2. The van der Waals surface area contributed by atoms with E-state index in [-0.39, 0.29) is 11.8 Å². The molecule has 4 atom stereocenters. The van der Waals surface area contributed by atoms with Crippen LogP contribution < -0.4 is 5.32 Å². The molecule has 1 aromatic heterocycles. The number of hydrogen-bond acceptors (Lipinski definition) is 3. The molecular weight excluding hydrogens is 234 g/mol. The molecule has 0 aromatic carbocycles. The average Bonchev–Trinajstić information content (AvgIpc) is 2.91. The maximum atomic E-state index is 11.4. The second-order valence-electron chi connectivity index (χ2n) is 5.18. The van der Waals surface area contributed by atoms with E-state index in [0.717, 1.165) is 25.7 Å². The summed E-state index contributed by atoms with van der Waals surface area (Å²) in [4.78, 5) is 12.7. The first-order valence-corrected chi connectivity index (χ1v) is 7.13. The second kappa shape index (κ2) is 4.42. The van der Waals surface area contributed by atoms with Gasteiger partial charge in [0.15, 0.2) is 0 Å². The van der Waals surface area contributed by atoms with Crippen molar-refractivity contribution in [2.75, 3.05) is 0 Å². The Balaban J connectivity index is 1.80. The van der Waals surface area contributed by atoms with E-state index >= 15 is 0 Å². The Morgan fingerprint density at radius 2 is 2.41 bits per heavy atom. The van der Waals surface area contributed by atoms with Crippen molar-refractivity contribution in [2.45, 2.75) is 37.8 Å². The third-order valence-corrected chi connectivity index (χ3v) is 5.08. The van der Waals surface area contributed by atoms with Gasteiger partial charge in [-0.05, 0) is 43.0 Å². The molecule has 2 fully saturated rings. The first-order valence-electron chi connectivity index (χ1n) is 6.25. The predicted octanol–water partition coefficient (Wildman–Crippen LogP) is 2.13. The van der Waals surface area contributed by atoms with Crippen LogP contribution in [0.4, 0.5) is 0 Å². The molecule has 0 saturated carbocycles. The van der Waals surface area contributed by atoms with Crippen LogP contribution in [0.3, 0.4) is 0 Å². The molecule has 0 radical (unpaired) electrons. The first-order chi connectivity index (χ1) is 8.24. The average molecular weight is 251 g/mol. The highest BCUT2D eigenvalue weighted by molar-refractivity contribution is 7.09. The van der Waals surface area contributed by atoms with Gasteiger partial charge >= 0.3 is 5.97 Å². The Hall–Kier alpha value is -0.870. The molecule has 2 N–H and O–H groups in total. The molecule has 92 valence electrons. The molecule has 2 saturated heterocycles. The van der Waals surface area contributed by atoms with Crippen molar-refractivity contribution in [1.82, 2.24) is 5.32 Å². The molecular formula is C13H17NO2S. The topological polar surface area (TPSA) is 49.3 Å². The van der Waals surface area contributed by atoms with Crippen molar-refractivity contribution in [2.24, 2.45) is 11.8 Å². The van der Waals surface area contributed by atoms with Gasteiger partial charge in [-0.3, -0.25) is 4.79 Å². The summed E-state index contributed by atoms with van der Waals surface area (Å²) in [5.41, 5.74) is 0. The second-order valence-corrected chi connectivity index (χ2v) is 6.21. The van der Waals surface area contributed by atoms with Crippen molar-refractivity contribution in [1.29, 1.82) is 0 Å². The minimum Gasteiger partial charge on any atom is -0.481 e. The SMILES string of the molecule is O=C(O)[C@H]1CC2CCC(N2)C1Cc1cccs1. The highest BCUT2D eigenvalue weighted by Gasteiger charge is 2.44. The molecule has 0 amide bonds. The van der Waals surface area contributed by atoms with Crippen LogP contribution in [-0.4, -0.2) is 23.2 Å². The zero-order chi connectivity index (χ0) is 11.8. The van der Waals surface area contributed by atoms with Crippen LogP contribution in [0.15, 0.2) is 17.5 Å². The molecule has 0 spiro atoms. The Kier molecular flexibility index (Phi) is 2.92. The minimum absolute atomic E-state index is 0.157. The molecule has 2 aliphatic rings. The van der Waals surface area contributed by atoms with E-state index in [2.05, 4.69) is 16.8 Å². The minimum atomic E-state index is -0.607. The Morgan fingerprint density at radius 3 is 3.12 bits per heavy atom. The quantitative estimate of drug-likeness (QED) is 0.865. The third kappa shape index (κ3) is 2.11. The fourth-order valence-electron chi connectivity index (χ4n) is 3.36. The molecule has 3 heterocycles. The first kappa shape index (κ1) is 11.2. The maximum Gasteiger partial charge on any atom is 0.306 e. The van der Waals surface area contributed by atoms with Crippen LogP contribution in [0.2, 0.25) is 0 Å². The zero-order valence-electron chi connectivity index (χ0n) is 9.63. The van der Waals surface area contributed by atoms with Crippen LogP contribution in [0.1, 0.15) is 24.1 Å². The van der Waals surface area contributed by atoms with Gasteiger partial charge in [0.25, 0.3) is 0 Å². The summed E-state index contributed by atoms with van der Waals surface area (Å²) in [5.74, 6) is -0.495. The molecule has 0 aliphatic carbocycles. The lowest BCUT2D eigenvalue weighted by Gasteiger charge is -2.35. The maximum absolute atomic E-state index is 11.4. The number of rotatable bonds is 3. The van der Waals surface area contributed by atoms with Crippen molar-refractivity contribution >= 4 is 17.3 Å². The number of carbonyl (C=O) groups is 1. The molecule has 3 nitrogen and oxygen atoms in total. The number of hydrogen-bond donors (Lipinski definition) is 2. The lowest BCUT2D eigenvalue weighted by atomic mass is 9.79. The van der Waals surface area contributed by atoms with Crippen molar-refractivity contribution < 1.29 is 9.90 Å². The highest BCUT2D eigenvalue weighted by Crippen LogP contribution is 2.38. The van der Waals surface area contributed by atoms with E-state index in [0.29, 0.717) is 12.1 Å². The molecule has 2 aliphatic heterocycles. The van der Waals surface area contributed by atoms with Crippen molar-refractivity contribution in [3.05, 3.63) is 22.4 Å². The summed E-state index contributed by atoms with van der Waals surface area (Å²) in [5, 5.41) is 15.0. The van der Waals surface area contributed by atoms with Crippen LogP contribution in [-0.2, 0) is 11.2 Å². The highest BCUT2D eigenvalue weighted by atomic mass is 32.1. The van der Waals surface area contributed by atoms with Gasteiger partial charge in [0, 0.05) is 17.0 Å². The van der Waals surface area contributed by atoms with Gasteiger partial charge < -0.3 is 10.4 Å². The number of nitrogens with one attached hydrogen (secondary N) is 1. The molecule has 3 unspecified atom stereocenters. The largest absolute Gasteiger partial charge is 0.481 e. The number of piperidine rings is 1. The van der Waals surface area contributed by atoms with Gasteiger partial charge in [-0.2, -0.15) is 0 Å². The Labute approximate surface area is 105 Å². The fourth-order valence-corrected chi connectivity index (χ4v) is 4.14.